The zero-order valence-electron chi connectivity index (χ0n) is 11.9. The fourth-order valence-electron chi connectivity index (χ4n) is 1.53. The summed E-state index contributed by atoms with van der Waals surface area (Å²) in [5.41, 5.74) is -1.14. The largest absolute Gasteiger partial charge is 0.464 e. The molecular formula is C12H18N2O4S2. The predicted octanol–water partition coefficient (Wildman–Crippen LogP) is 1.28. The van der Waals surface area contributed by atoms with Gasteiger partial charge >= 0.3 is 11.9 Å². The van der Waals surface area contributed by atoms with Gasteiger partial charge < -0.3 is 14.8 Å². The summed E-state index contributed by atoms with van der Waals surface area (Å²) in [5.74, 6) is -0.910. The second kappa shape index (κ2) is 7.03. The molecule has 1 rings (SSSR count). The first-order chi connectivity index (χ1) is 9.35. The number of thioether (sulfide) groups is 1. The first kappa shape index (κ1) is 16.9. The molecule has 0 radical (unpaired) electrons. The molecule has 112 valence electrons. The van der Waals surface area contributed by atoms with E-state index in [1.54, 1.807) is 27.7 Å². The Hall–Kier alpha value is -1.15. The first-order valence-corrected chi connectivity index (χ1v) is 7.49. The summed E-state index contributed by atoms with van der Waals surface area (Å²) >= 11 is 6.22. The molecule has 0 aromatic heterocycles. The molecule has 0 bridgehead atoms. The molecule has 0 aliphatic carbocycles. The first-order valence-electron chi connectivity index (χ1n) is 6.27. The molecular weight excluding hydrogens is 300 g/mol. The van der Waals surface area contributed by atoms with E-state index in [2.05, 4.69) is 10.3 Å². The number of esters is 2. The van der Waals surface area contributed by atoms with E-state index in [9.17, 15) is 9.59 Å². The third-order valence-electron chi connectivity index (χ3n) is 2.59. The van der Waals surface area contributed by atoms with Crippen molar-refractivity contribution in [3.05, 3.63) is 0 Å². The number of hydrogen-bond acceptors (Lipinski definition) is 7. The van der Waals surface area contributed by atoms with Crippen LogP contribution in [0.3, 0.4) is 0 Å². The van der Waals surface area contributed by atoms with Crippen LogP contribution in [0.2, 0.25) is 0 Å². The third kappa shape index (κ3) is 3.69. The van der Waals surface area contributed by atoms with Crippen LogP contribution in [0.15, 0.2) is 4.99 Å². The number of thiocarbonyl (C=S) groups is 1. The Balaban J connectivity index is 2.98. The number of carbonyl (C=O) groups is 2. The molecule has 0 amide bonds. The molecule has 1 saturated heterocycles. The lowest BCUT2D eigenvalue weighted by Gasteiger charge is -2.22. The Bertz CT molecular complexity index is 453. The summed E-state index contributed by atoms with van der Waals surface area (Å²) in [5, 5.41) is 3.30. The highest BCUT2D eigenvalue weighted by molar-refractivity contribution is 8.33. The quantitative estimate of drug-likeness (QED) is 0.604. The van der Waals surface area contributed by atoms with Crippen LogP contribution in [-0.2, 0) is 19.1 Å². The highest BCUT2D eigenvalue weighted by Gasteiger charge is 2.47. The monoisotopic (exact) mass is 318 g/mol. The molecule has 0 spiro atoms. The van der Waals surface area contributed by atoms with Crippen molar-refractivity contribution in [1.82, 2.24) is 5.32 Å². The van der Waals surface area contributed by atoms with E-state index in [1.165, 1.54) is 0 Å². The molecule has 6 nitrogen and oxygen atoms in total. The minimum Gasteiger partial charge on any atom is -0.464 e. The molecule has 1 fully saturated rings. The number of nitrogens with zero attached hydrogens (tertiary/aromatic N) is 1. The molecule has 8 heteroatoms. The van der Waals surface area contributed by atoms with Gasteiger partial charge in [0.2, 0.25) is 0 Å². The second-order valence-electron chi connectivity index (χ2n) is 4.22. The van der Waals surface area contributed by atoms with E-state index in [4.69, 9.17) is 21.7 Å². The number of aliphatic imine (C=N–C) groups is 1. The normalized spacial score (nSPS) is 25.2. The standard InChI is InChI=1S/C12H18N2O4S2/c1-5-17-8(15)7(3)13-9-12(4,10(16)18-6-2)14-11(19)20-9/h7H,5-6H2,1-4H3,(H,14,19). The topological polar surface area (TPSA) is 77.0 Å². The lowest BCUT2D eigenvalue weighted by molar-refractivity contribution is -0.147. The number of rotatable bonds is 5. The van der Waals surface area contributed by atoms with Crippen LogP contribution in [0.4, 0.5) is 0 Å². The zero-order valence-corrected chi connectivity index (χ0v) is 13.5. The minimum atomic E-state index is -1.14. The van der Waals surface area contributed by atoms with Gasteiger partial charge in [-0.25, -0.2) is 9.59 Å². The van der Waals surface area contributed by atoms with E-state index in [-0.39, 0.29) is 13.2 Å². The SMILES string of the molecule is CCOC(=O)C(C)N=C1SC(=S)NC1(C)C(=O)OCC. The van der Waals surface area contributed by atoms with Crippen molar-refractivity contribution in [2.24, 2.45) is 4.99 Å². The van der Waals surface area contributed by atoms with Gasteiger partial charge in [0, 0.05) is 0 Å². The van der Waals surface area contributed by atoms with Gasteiger partial charge in [0.05, 0.1) is 13.2 Å². The van der Waals surface area contributed by atoms with Gasteiger partial charge in [0.1, 0.15) is 15.4 Å². The fraction of sp³-hybridized carbons (Fsp3) is 0.667. The number of hydrogen-bond donors (Lipinski definition) is 1. The summed E-state index contributed by atoms with van der Waals surface area (Å²) < 4.78 is 10.3. The van der Waals surface area contributed by atoms with Crippen LogP contribution in [0.25, 0.3) is 0 Å². The molecule has 0 aromatic rings. The summed E-state index contributed by atoms with van der Waals surface area (Å²) in [6.45, 7) is 7.23. The van der Waals surface area contributed by atoms with Gasteiger partial charge in [0.15, 0.2) is 5.54 Å². The molecule has 2 atom stereocenters. The molecule has 1 N–H and O–H groups in total. The highest BCUT2D eigenvalue weighted by Crippen LogP contribution is 2.28. The Labute approximate surface area is 127 Å². The van der Waals surface area contributed by atoms with E-state index in [1.807, 2.05) is 0 Å². The van der Waals surface area contributed by atoms with Crippen LogP contribution in [-0.4, -0.2) is 46.1 Å². The van der Waals surface area contributed by atoms with Crippen LogP contribution >= 0.6 is 24.0 Å². The molecule has 0 aromatic carbocycles. The van der Waals surface area contributed by atoms with Gasteiger partial charge in [-0.2, -0.15) is 0 Å². The number of nitrogens with one attached hydrogen (secondary N) is 1. The highest BCUT2D eigenvalue weighted by atomic mass is 32.2. The summed E-state index contributed by atoms with van der Waals surface area (Å²) in [6, 6.07) is -0.700. The van der Waals surface area contributed by atoms with E-state index in [0.717, 1.165) is 11.8 Å². The van der Waals surface area contributed by atoms with E-state index in [0.29, 0.717) is 9.36 Å². The van der Waals surface area contributed by atoms with Crippen molar-refractivity contribution >= 4 is 45.3 Å². The Morgan fingerprint density at radius 3 is 2.55 bits per heavy atom. The zero-order chi connectivity index (χ0) is 15.3. The van der Waals surface area contributed by atoms with E-state index >= 15 is 0 Å². The summed E-state index contributed by atoms with van der Waals surface area (Å²) in [4.78, 5) is 27.9. The van der Waals surface area contributed by atoms with Crippen molar-refractivity contribution in [2.45, 2.75) is 39.3 Å². The van der Waals surface area contributed by atoms with Crippen molar-refractivity contribution < 1.29 is 19.1 Å². The van der Waals surface area contributed by atoms with Gasteiger partial charge in [-0.1, -0.05) is 12.2 Å². The fourth-order valence-corrected chi connectivity index (χ4v) is 2.95. The van der Waals surface area contributed by atoms with Crippen molar-refractivity contribution in [3.8, 4) is 0 Å². The molecule has 2 unspecified atom stereocenters. The van der Waals surface area contributed by atoms with Crippen LogP contribution < -0.4 is 5.32 Å². The van der Waals surface area contributed by atoms with Gasteiger partial charge in [-0.05, 0) is 39.5 Å². The minimum absolute atomic E-state index is 0.258. The third-order valence-corrected chi connectivity index (χ3v) is 3.94. The summed E-state index contributed by atoms with van der Waals surface area (Å²) in [6.07, 6.45) is 0. The molecule has 1 aliphatic heterocycles. The Kier molecular flexibility index (Phi) is 5.94. The van der Waals surface area contributed by atoms with Gasteiger partial charge in [0.25, 0.3) is 0 Å². The van der Waals surface area contributed by atoms with Crippen molar-refractivity contribution in [3.63, 3.8) is 0 Å². The van der Waals surface area contributed by atoms with Gasteiger partial charge in [-0.3, -0.25) is 4.99 Å². The van der Waals surface area contributed by atoms with Crippen LogP contribution in [0.5, 0.6) is 0 Å². The number of carbonyl (C=O) groups excluding carboxylic acids is 2. The average Bonchev–Trinajstić information content (AvgIpc) is 2.66. The molecule has 1 heterocycles. The maximum atomic E-state index is 12.0. The van der Waals surface area contributed by atoms with Gasteiger partial charge in [-0.15, -0.1) is 0 Å². The second-order valence-corrected chi connectivity index (χ2v) is 5.89. The van der Waals surface area contributed by atoms with Crippen LogP contribution in [0, 0.1) is 0 Å². The lowest BCUT2D eigenvalue weighted by Crippen LogP contribution is -2.51. The maximum absolute atomic E-state index is 12.0. The summed E-state index contributed by atoms with van der Waals surface area (Å²) in [7, 11) is 0. The molecule has 0 saturated carbocycles. The average molecular weight is 318 g/mol. The van der Waals surface area contributed by atoms with E-state index < -0.39 is 23.5 Å². The predicted molar refractivity (Wildman–Crippen MR) is 81.9 cm³/mol. The number of ether oxygens (including phenoxy) is 2. The smallest absolute Gasteiger partial charge is 0.338 e. The Morgan fingerprint density at radius 1 is 1.40 bits per heavy atom. The Morgan fingerprint density at radius 2 is 2.00 bits per heavy atom. The lowest BCUT2D eigenvalue weighted by atomic mass is 10.1. The van der Waals surface area contributed by atoms with Crippen molar-refractivity contribution in [1.29, 1.82) is 0 Å². The molecule has 1 aliphatic rings. The maximum Gasteiger partial charge on any atom is 0.338 e. The molecule has 20 heavy (non-hydrogen) atoms. The van der Waals surface area contributed by atoms with Crippen LogP contribution in [0.1, 0.15) is 27.7 Å². The van der Waals surface area contributed by atoms with Crippen molar-refractivity contribution in [2.75, 3.05) is 13.2 Å².